The number of anilines is 1. The van der Waals surface area contributed by atoms with Gasteiger partial charge in [-0.05, 0) is 50.2 Å². The highest BCUT2D eigenvalue weighted by Gasteiger charge is 2.21. The van der Waals surface area contributed by atoms with Crippen molar-refractivity contribution < 1.29 is 13.2 Å². The Hall–Kier alpha value is -2.80. The van der Waals surface area contributed by atoms with Gasteiger partial charge in [-0.25, -0.2) is 0 Å². The molecule has 0 aliphatic heterocycles. The molecule has 3 aromatic rings. The maximum atomic E-state index is 12.8. The van der Waals surface area contributed by atoms with E-state index in [2.05, 4.69) is 5.10 Å². The van der Waals surface area contributed by atoms with Crippen molar-refractivity contribution in [2.45, 2.75) is 18.7 Å². The lowest BCUT2D eigenvalue weighted by Crippen LogP contribution is -2.16. The van der Waals surface area contributed by atoms with E-state index in [0.29, 0.717) is 12.3 Å². The van der Waals surface area contributed by atoms with Crippen LogP contribution in [-0.2, 0) is 10.0 Å². The number of benzene rings is 2. The molecule has 7 heteroatoms. The summed E-state index contributed by atoms with van der Waals surface area (Å²) in [6.07, 6.45) is 0. The van der Waals surface area contributed by atoms with Crippen molar-refractivity contribution >= 4 is 15.8 Å². The number of nitrogen functional groups attached to an aromatic ring is 1. The number of nitrogens with two attached hydrogens (primary N) is 1. The maximum Gasteiger partial charge on any atom is 0.284 e. The second-order valence-electron chi connectivity index (χ2n) is 5.57. The van der Waals surface area contributed by atoms with Crippen LogP contribution in [0.1, 0.15) is 12.5 Å². The summed E-state index contributed by atoms with van der Waals surface area (Å²) in [6, 6.07) is 15.3. The van der Waals surface area contributed by atoms with Crippen molar-refractivity contribution in [1.29, 1.82) is 0 Å². The normalized spacial score (nSPS) is 11.4. The minimum Gasteiger partial charge on any atom is -0.494 e. The molecular weight excluding hydrogens is 338 g/mol. The fourth-order valence-corrected chi connectivity index (χ4v) is 3.62. The first-order chi connectivity index (χ1) is 11.9. The van der Waals surface area contributed by atoms with Crippen LogP contribution in [0.15, 0.2) is 59.5 Å². The van der Waals surface area contributed by atoms with E-state index in [9.17, 15) is 8.42 Å². The highest BCUT2D eigenvalue weighted by Crippen LogP contribution is 2.25. The minimum atomic E-state index is -3.83. The monoisotopic (exact) mass is 357 g/mol. The van der Waals surface area contributed by atoms with Crippen molar-refractivity contribution in [3.63, 3.8) is 0 Å². The first-order valence-electron chi connectivity index (χ1n) is 7.83. The van der Waals surface area contributed by atoms with Crippen LogP contribution in [0, 0.1) is 6.92 Å². The second-order valence-corrected chi connectivity index (χ2v) is 7.34. The van der Waals surface area contributed by atoms with Crippen LogP contribution in [0.2, 0.25) is 0 Å². The molecule has 0 aliphatic rings. The molecule has 130 valence electrons. The van der Waals surface area contributed by atoms with E-state index in [0.717, 1.165) is 21.0 Å². The molecule has 0 atom stereocenters. The predicted molar refractivity (Wildman–Crippen MR) is 97.0 cm³/mol. The SMILES string of the molecule is CCOc1ccc(-c2cc(N)n(S(=O)(=O)c3ccc(C)cc3)n2)cc1. The third kappa shape index (κ3) is 3.36. The summed E-state index contributed by atoms with van der Waals surface area (Å²) in [5.74, 6) is 0.801. The van der Waals surface area contributed by atoms with Gasteiger partial charge in [0, 0.05) is 11.6 Å². The van der Waals surface area contributed by atoms with Crippen molar-refractivity contribution in [2.75, 3.05) is 12.3 Å². The quantitative estimate of drug-likeness (QED) is 0.758. The molecule has 25 heavy (non-hydrogen) atoms. The Balaban J connectivity index is 1.98. The third-order valence-electron chi connectivity index (χ3n) is 3.71. The largest absolute Gasteiger partial charge is 0.494 e. The molecule has 2 N–H and O–H groups in total. The number of ether oxygens (including phenoxy) is 1. The zero-order chi connectivity index (χ0) is 18.0. The zero-order valence-electron chi connectivity index (χ0n) is 14.0. The van der Waals surface area contributed by atoms with Gasteiger partial charge in [-0.2, -0.15) is 13.5 Å². The Morgan fingerprint density at radius 2 is 1.72 bits per heavy atom. The summed E-state index contributed by atoms with van der Waals surface area (Å²) in [7, 11) is -3.83. The Kier molecular flexibility index (Phi) is 4.50. The number of nitrogens with zero attached hydrogens (tertiary/aromatic N) is 2. The zero-order valence-corrected chi connectivity index (χ0v) is 14.8. The first kappa shape index (κ1) is 17.0. The van der Waals surface area contributed by atoms with E-state index >= 15 is 0 Å². The van der Waals surface area contributed by atoms with Gasteiger partial charge in [-0.1, -0.05) is 17.7 Å². The number of aryl methyl sites for hydroxylation is 1. The number of rotatable bonds is 5. The Labute approximate surface area is 146 Å². The average Bonchev–Trinajstić information content (AvgIpc) is 2.99. The van der Waals surface area contributed by atoms with Crippen LogP contribution in [-0.4, -0.2) is 24.2 Å². The molecule has 0 amide bonds. The number of hydrogen-bond donors (Lipinski definition) is 1. The van der Waals surface area contributed by atoms with Crippen LogP contribution in [0.4, 0.5) is 5.82 Å². The van der Waals surface area contributed by atoms with Gasteiger partial charge < -0.3 is 10.5 Å². The second kappa shape index (κ2) is 6.60. The van der Waals surface area contributed by atoms with E-state index in [1.54, 1.807) is 30.3 Å². The molecule has 1 heterocycles. The van der Waals surface area contributed by atoms with Gasteiger partial charge in [-0.15, -0.1) is 4.09 Å². The molecule has 2 aromatic carbocycles. The third-order valence-corrected chi connectivity index (χ3v) is 5.33. The van der Waals surface area contributed by atoms with Gasteiger partial charge in [0.2, 0.25) is 0 Å². The molecule has 0 spiro atoms. The van der Waals surface area contributed by atoms with Gasteiger partial charge in [0.25, 0.3) is 10.0 Å². The standard InChI is InChI=1S/C18H19N3O3S/c1-3-24-15-8-6-14(7-9-15)17-12-18(19)21(20-17)25(22,23)16-10-4-13(2)5-11-16/h4-12H,3,19H2,1-2H3. The van der Waals surface area contributed by atoms with Gasteiger partial charge >= 0.3 is 0 Å². The van der Waals surface area contributed by atoms with Crippen molar-refractivity contribution in [3.05, 3.63) is 60.2 Å². The Morgan fingerprint density at radius 3 is 2.32 bits per heavy atom. The fourth-order valence-electron chi connectivity index (χ4n) is 2.41. The van der Waals surface area contributed by atoms with Crippen molar-refractivity contribution in [3.8, 4) is 17.0 Å². The lowest BCUT2D eigenvalue weighted by atomic mass is 10.1. The summed E-state index contributed by atoms with van der Waals surface area (Å²) in [5, 5.41) is 4.19. The molecule has 0 saturated carbocycles. The van der Waals surface area contributed by atoms with Crippen molar-refractivity contribution in [1.82, 2.24) is 9.19 Å². The van der Waals surface area contributed by atoms with Crippen LogP contribution in [0.5, 0.6) is 5.75 Å². The molecule has 0 radical (unpaired) electrons. The molecule has 1 aromatic heterocycles. The van der Waals surface area contributed by atoms with E-state index in [-0.39, 0.29) is 10.7 Å². The van der Waals surface area contributed by atoms with E-state index in [1.165, 1.54) is 0 Å². The molecule has 0 saturated heterocycles. The van der Waals surface area contributed by atoms with Gasteiger partial charge in [-0.3, -0.25) is 0 Å². The number of hydrogen-bond acceptors (Lipinski definition) is 5. The topological polar surface area (TPSA) is 87.2 Å². The number of aromatic nitrogens is 2. The smallest absolute Gasteiger partial charge is 0.284 e. The molecule has 0 fully saturated rings. The summed E-state index contributed by atoms with van der Waals surface area (Å²) in [4.78, 5) is 0.145. The minimum absolute atomic E-state index is 0.0597. The highest BCUT2D eigenvalue weighted by atomic mass is 32.2. The van der Waals surface area contributed by atoms with Crippen LogP contribution < -0.4 is 10.5 Å². The Morgan fingerprint density at radius 1 is 1.08 bits per heavy atom. The maximum absolute atomic E-state index is 12.8. The van der Waals surface area contributed by atoms with E-state index in [4.69, 9.17) is 10.5 Å². The predicted octanol–water partition coefficient (Wildman–Crippen LogP) is 3.08. The summed E-state index contributed by atoms with van der Waals surface area (Å²) in [6.45, 7) is 4.38. The van der Waals surface area contributed by atoms with Crippen LogP contribution >= 0.6 is 0 Å². The molecule has 6 nitrogen and oxygen atoms in total. The molecular formula is C18H19N3O3S. The average molecular weight is 357 g/mol. The van der Waals surface area contributed by atoms with Crippen LogP contribution in [0.3, 0.4) is 0 Å². The lowest BCUT2D eigenvalue weighted by molar-refractivity contribution is 0.340. The summed E-state index contributed by atoms with van der Waals surface area (Å²) in [5.41, 5.74) is 8.12. The van der Waals surface area contributed by atoms with E-state index < -0.39 is 10.0 Å². The van der Waals surface area contributed by atoms with Crippen molar-refractivity contribution in [2.24, 2.45) is 0 Å². The summed E-state index contributed by atoms with van der Waals surface area (Å²) < 4.78 is 31.8. The highest BCUT2D eigenvalue weighted by molar-refractivity contribution is 7.90. The van der Waals surface area contributed by atoms with Gasteiger partial charge in [0.1, 0.15) is 11.6 Å². The lowest BCUT2D eigenvalue weighted by Gasteiger charge is -2.06. The first-order valence-corrected chi connectivity index (χ1v) is 9.27. The molecule has 0 unspecified atom stereocenters. The molecule has 0 bridgehead atoms. The fraction of sp³-hybridized carbons (Fsp3) is 0.167. The van der Waals surface area contributed by atoms with E-state index in [1.807, 2.05) is 38.1 Å². The summed E-state index contributed by atoms with van der Waals surface area (Å²) >= 11 is 0. The molecule has 0 aliphatic carbocycles. The molecule has 3 rings (SSSR count). The Bertz CT molecular complexity index is 975. The van der Waals surface area contributed by atoms with Gasteiger partial charge in [0.05, 0.1) is 17.2 Å². The van der Waals surface area contributed by atoms with Crippen LogP contribution in [0.25, 0.3) is 11.3 Å². The van der Waals surface area contributed by atoms with Gasteiger partial charge in [0.15, 0.2) is 0 Å².